The quantitative estimate of drug-likeness (QED) is 0.0222. The van der Waals surface area contributed by atoms with Gasteiger partial charge in [0, 0.05) is 25.7 Å². The van der Waals surface area contributed by atoms with Crippen molar-refractivity contribution in [2.45, 2.75) is 471 Å². The number of hydrogen-bond donors (Lipinski definition) is 3. The van der Waals surface area contributed by atoms with Gasteiger partial charge in [-0.2, -0.15) is 0 Å². The predicted molar refractivity (Wildman–Crippen MR) is 428 cm³/mol. The van der Waals surface area contributed by atoms with E-state index in [-0.39, 0.29) is 25.7 Å². The second-order valence-corrected chi connectivity index (χ2v) is 34.4. The summed E-state index contributed by atoms with van der Waals surface area (Å²) in [6, 6.07) is 0. The van der Waals surface area contributed by atoms with Crippen LogP contribution in [0.3, 0.4) is 0 Å². The Morgan fingerprint density at radius 2 is 0.442 bits per heavy atom. The van der Waals surface area contributed by atoms with Crippen molar-refractivity contribution in [2.75, 3.05) is 39.6 Å². The maximum absolute atomic E-state index is 13.1. The van der Waals surface area contributed by atoms with Gasteiger partial charge in [0.05, 0.1) is 26.4 Å². The van der Waals surface area contributed by atoms with E-state index in [1.54, 1.807) is 0 Å². The number of ether oxygens (including phenoxy) is 4. The van der Waals surface area contributed by atoms with Crippen LogP contribution in [0.25, 0.3) is 0 Å². The summed E-state index contributed by atoms with van der Waals surface area (Å²) in [6.07, 6.45) is 68.0. The van der Waals surface area contributed by atoms with Gasteiger partial charge in [0.25, 0.3) is 0 Å². The Kier molecular flexibility index (Phi) is 75.0. The highest BCUT2D eigenvalue weighted by Gasteiger charge is 2.30. The first-order valence-electron chi connectivity index (χ1n) is 44.0. The summed E-state index contributed by atoms with van der Waals surface area (Å²) in [4.78, 5) is 73.2. The minimum atomic E-state index is -4.96. The van der Waals surface area contributed by atoms with Crippen molar-refractivity contribution in [2.24, 2.45) is 11.8 Å². The number of carbonyl (C=O) groups is 4. The maximum atomic E-state index is 13.1. The largest absolute Gasteiger partial charge is 0.472 e. The Balaban J connectivity index is 5.23. The van der Waals surface area contributed by atoms with Crippen LogP contribution in [0, 0.1) is 11.8 Å². The SMILES string of the molecule is CCCCCCCCCCCCCCCCCCCCCCCCC(=O)O[C@H](COC(=O)CCCCCCCCCCCCCCCC(C)C)COP(=O)(O)OC[C@@H](O)COP(=O)(O)OC[C@@H](COC(=O)CCCCCCCCCCCCC)OC(=O)CCCCCCCCCCCCCCC(C)C. The molecule has 0 amide bonds. The van der Waals surface area contributed by atoms with Gasteiger partial charge < -0.3 is 33.8 Å². The summed E-state index contributed by atoms with van der Waals surface area (Å²) in [7, 11) is -9.93. The molecule has 0 radical (unpaired) electrons. The molecule has 0 fully saturated rings. The van der Waals surface area contributed by atoms with Gasteiger partial charge >= 0.3 is 39.5 Å². The van der Waals surface area contributed by atoms with Crippen molar-refractivity contribution in [1.29, 1.82) is 0 Å². The molecule has 0 aromatic carbocycles. The fourth-order valence-electron chi connectivity index (χ4n) is 13.2. The van der Waals surface area contributed by atoms with E-state index >= 15 is 0 Å². The van der Waals surface area contributed by atoms with Gasteiger partial charge in [0.1, 0.15) is 19.3 Å². The molecule has 0 aromatic rings. The minimum absolute atomic E-state index is 0.107. The molecule has 0 saturated heterocycles. The second-order valence-electron chi connectivity index (χ2n) is 31.5. The summed E-state index contributed by atoms with van der Waals surface area (Å²) in [6.45, 7) is 9.68. The molecule has 104 heavy (non-hydrogen) atoms. The average Bonchev–Trinajstić information content (AvgIpc) is 0.904. The molecule has 0 aliphatic rings. The fourth-order valence-corrected chi connectivity index (χ4v) is 14.8. The topological polar surface area (TPSA) is 237 Å². The Bertz CT molecular complexity index is 1990. The lowest BCUT2D eigenvalue weighted by atomic mass is 10.0. The zero-order chi connectivity index (χ0) is 76.4. The predicted octanol–water partition coefficient (Wildman–Crippen LogP) is 25.8. The summed E-state index contributed by atoms with van der Waals surface area (Å²) >= 11 is 0. The van der Waals surface area contributed by atoms with E-state index in [0.717, 1.165) is 102 Å². The molecule has 0 aliphatic heterocycles. The third-order valence-corrected chi connectivity index (χ3v) is 21.9. The van der Waals surface area contributed by atoms with Crippen molar-refractivity contribution >= 4 is 39.5 Å². The van der Waals surface area contributed by atoms with Crippen LogP contribution in [0.4, 0.5) is 0 Å². The molecule has 5 atom stereocenters. The number of aliphatic hydroxyl groups excluding tert-OH is 1. The van der Waals surface area contributed by atoms with Gasteiger partial charge in [-0.1, -0.05) is 401 Å². The lowest BCUT2D eigenvalue weighted by molar-refractivity contribution is -0.161. The van der Waals surface area contributed by atoms with E-state index < -0.39 is 97.5 Å². The average molecular weight is 1520 g/mol. The van der Waals surface area contributed by atoms with Gasteiger partial charge in [-0.15, -0.1) is 0 Å². The number of aliphatic hydroxyl groups is 1. The highest BCUT2D eigenvalue weighted by molar-refractivity contribution is 7.47. The number of unbranched alkanes of at least 4 members (excludes halogenated alkanes) is 54. The first-order chi connectivity index (χ1) is 50.4. The molecule has 3 N–H and O–H groups in total. The summed E-state index contributed by atoms with van der Waals surface area (Å²) in [5.41, 5.74) is 0. The summed E-state index contributed by atoms with van der Waals surface area (Å²) < 4.78 is 68.9. The van der Waals surface area contributed by atoms with Gasteiger partial charge in [-0.3, -0.25) is 37.3 Å². The van der Waals surface area contributed by atoms with Crippen LogP contribution in [-0.2, 0) is 65.4 Å². The van der Waals surface area contributed by atoms with Crippen LogP contribution >= 0.6 is 15.6 Å². The molecule has 0 rings (SSSR count). The van der Waals surface area contributed by atoms with Crippen LogP contribution in [0.15, 0.2) is 0 Å². The summed E-state index contributed by atoms with van der Waals surface area (Å²) in [5, 5.41) is 10.7. The molecule has 0 aliphatic carbocycles. The number of esters is 4. The molecule has 618 valence electrons. The molecule has 2 unspecified atom stereocenters. The molecule has 19 heteroatoms. The minimum Gasteiger partial charge on any atom is -0.462 e. The van der Waals surface area contributed by atoms with Crippen molar-refractivity contribution in [3.05, 3.63) is 0 Å². The lowest BCUT2D eigenvalue weighted by Gasteiger charge is -2.21. The van der Waals surface area contributed by atoms with E-state index in [1.165, 1.54) is 270 Å². The molecule has 0 heterocycles. The fraction of sp³-hybridized carbons (Fsp3) is 0.953. The molecule has 0 spiro atoms. The normalized spacial score (nSPS) is 13.8. The highest BCUT2D eigenvalue weighted by atomic mass is 31.2. The lowest BCUT2D eigenvalue weighted by Crippen LogP contribution is -2.30. The van der Waals surface area contributed by atoms with Crippen LogP contribution in [0.1, 0.15) is 452 Å². The van der Waals surface area contributed by atoms with E-state index in [1.807, 2.05) is 0 Å². The standard InChI is InChI=1S/C85H166O17P2/c1-7-9-11-13-15-17-19-20-21-22-23-24-25-26-27-28-31-39-45-51-57-63-69-84(89)101-81(74-96-83(88)68-62-56-50-44-38-32-29-30-36-41-47-53-59-65-77(3)4)76-100-104(93,94)98-72-79(86)71-97-103(91,92)99-75-80(73-95-82(87)67-61-55-49-43-35-18-16-14-12-10-8-2)102-85(90)70-64-58-52-46-40-34-33-37-42-48-54-60-66-78(5)6/h77-81,86H,7-76H2,1-6H3,(H,91,92)(H,93,94)/t79-,80+,81+/m0/s1. The van der Waals surface area contributed by atoms with Crippen molar-refractivity contribution in [1.82, 2.24) is 0 Å². The molecule has 0 bridgehead atoms. The van der Waals surface area contributed by atoms with Crippen molar-refractivity contribution < 1.29 is 80.2 Å². The Morgan fingerprint density at radius 1 is 0.260 bits per heavy atom. The smallest absolute Gasteiger partial charge is 0.462 e. The van der Waals surface area contributed by atoms with E-state index in [4.69, 9.17) is 37.0 Å². The first kappa shape index (κ1) is 102. The highest BCUT2D eigenvalue weighted by Crippen LogP contribution is 2.45. The number of hydrogen-bond acceptors (Lipinski definition) is 15. The molecule has 0 saturated carbocycles. The Morgan fingerprint density at radius 3 is 0.654 bits per heavy atom. The summed E-state index contributed by atoms with van der Waals surface area (Å²) in [5.74, 6) is -0.536. The third-order valence-electron chi connectivity index (χ3n) is 20.0. The van der Waals surface area contributed by atoms with Crippen molar-refractivity contribution in [3.63, 3.8) is 0 Å². The van der Waals surface area contributed by atoms with Crippen LogP contribution < -0.4 is 0 Å². The van der Waals surface area contributed by atoms with Gasteiger partial charge in [-0.05, 0) is 37.5 Å². The first-order valence-corrected chi connectivity index (χ1v) is 47.0. The number of carbonyl (C=O) groups excluding carboxylic acids is 4. The molecular weight excluding hydrogens is 1350 g/mol. The van der Waals surface area contributed by atoms with Crippen molar-refractivity contribution in [3.8, 4) is 0 Å². The molecular formula is C85H166O17P2. The second kappa shape index (κ2) is 76.4. The van der Waals surface area contributed by atoms with E-state index in [9.17, 15) is 43.2 Å². The Hall–Kier alpha value is -1.94. The van der Waals surface area contributed by atoms with Gasteiger partial charge in [-0.25, -0.2) is 9.13 Å². The monoisotopic (exact) mass is 1520 g/mol. The third kappa shape index (κ3) is 78.2. The van der Waals surface area contributed by atoms with Gasteiger partial charge in [0.2, 0.25) is 0 Å². The molecule has 0 aromatic heterocycles. The zero-order valence-corrected chi connectivity index (χ0v) is 70.1. The van der Waals surface area contributed by atoms with E-state index in [0.29, 0.717) is 25.7 Å². The zero-order valence-electron chi connectivity index (χ0n) is 68.3. The van der Waals surface area contributed by atoms with Crippen LogP contribution in [0.5, 0.6) is 0 Å². The van der Waals surface area contributed by atoms with Crippen LogP contribution in [-0.4, -0.2) is 96.7 Å². The van der Waals surface area contributed by atoms with E-state index in [2.05, 4.69) is 41.5 Å². The number of phosphoric ester groups is 2. The number of phosphoric acid groups is 2. The van der Waals surface area contributed by atoms with Crippen LogP contribution in [0.2, 0.25) is 0 Å². The number of rotatable bonds is 84. The van der Waals surface area contributed by atoms with Gasteiger partial charge in [0.15, 0.2) is 12.2 Å². The maximum Gasteiger partial charge on any atom is 0.472 e. The Labute approximate surface area is 638 Å². The molecule has 17 nitrogen and oxygen atoms in total.